The Balaban J connectivity index is 2.91. The van der Waals surface area contributed by atoms with E-state index in [9.17, 15) is 9.59 Å². The summed E-state index contributed by atoms with van der Waals surface area (Å²) in [4.78, 5) is 22.3. The Morgan fingerprint density at radius 3 is 2.45 bits per heavy atom. The highest BCUT2D eigenvalue weighted by Crippen LogP contribution is 2.29. The molecule has 0 bridgehead atoms. The van der Waals surface area contributed by atoms with Crippen molar-refractivity contribution in [3.8, 4) is 0 Å². The lowest BCUT2D eigenvalue weighted by Gasteiger charge is -2.41. The van der Waals surface area contributed by atoms with E-state index >= 15 is 0 Å². The van der Waals surface area contributed by atoms with Crippen molar-refractivity contribution < 1.29 is 33.3 Å². The highest BCUT2D eigenvalue weighted by Gasteiger charge is 2.44. The summed E-state index contributed by atoms with van der Waals surface area (Å²) in [6, 6.07) is 0. The molecule has 1 aliphatic heterocycles. The fourth-order valence-corrected chi connectivity index (χ4v) is 2.08. The Morgan fingerprint density at radius 1 is 1.27 bits per heavy atom. The number of esters is 2. The predicted molar refractivity (Wildman–Crippen MR) is 76.9 cm³/mol. The Hall–Kier alpha value is -1.70. The van der Waals surface area contributed by atoms with Crippen LogP contribution in [0.4, 0.5) is 0 Å². The van der Waals surface area contributed by atoms with Gasteiger partial charge in [0, 0.05) is 21.0 Å². The molecule has 1 rings (SSSR count). The fraction of sp³-hybridized carbons (Fsp3) is 0.600. The third kappa shape index (κ3) is 4.94. The van der Waals surface area contributed by atoms with Gasteiger partial charge in [-0.3, -0.25) is 9.59 Å². The van der Waals surface area contributed by atoms with E-state index < -0.39 is 36.5 Å². The van der Waals surface area contributed by atoms with Crippen molar-refractivity contribution in [2.45, 2.75) is 38.4 Å². The van der Waals surface area contributed by atoms with Crippen molar-refractivity contribution in [3.63, 3.8) is 0 Å². The minimum atomic E-state index is -0.793. The number of methoxy groups -OCH3 is 1. The summed E-state index contributed by atoms with van der Waals surface area (Å²) in [5.41, 5.74) is 0.479. The minimum Gasteiger partial charge on any atom is -0.463 e. The molecule has 1 heterocycles. The molecular weight excluding hydrogens is 292 g/mol. The normalized spacial score (nSPS) is 28.0. The highest BCUT2D eigenvalue weighted by molar-refractivity contribution is 5.67. The van der Waals surface area contributed by atoms with Crippen molar-refractivity contribution >= 4 is 11.9 Å². The molecule has 0 N–H and O–H groups in total. The monoisotopic (exact) mass is 314 g/mol. The van der Waals surface area contributed by atoms with Gasteiger partial charge in [-0.05, 0) is 5.57 Å². The van der Waals surface area contributed by atoms with E-state index in [0.717, 1.165) is 0 Å². The van der Waals surface area contributed by atoms with Gasteiger partial charge in [-0.15, -0.1) is 6.58 Å². The molecule has 0 aromatic rings. The van der Waals surface area contributed by atoms with Crippen LogP contribution in [0.1, 0.15) is 13.8 Å². The maximum absolute atomic E-state index is 11.3. The SMILES string of the molecule is C=CCO[C@@H]1C(=C)[C@H](OC(C)=O)[C@@H](COC(C)=O)O[C@@H]1OC. The van der Waals surface area contributed by atoms with Gasteiger partial charge in [0.05, 0.1) is 6.61 Å². The van der Waals surface area contributed by atoms with Gasteiger partial charge in [-0.1, -0.05) is 12.7 Å². The first kappa shape index (κ1) is 18.3. The molecule has 1 saturated heterocycles. The van der Waals surface area contributed by atoms with Gasteiger partial charge in [-0.25, -0.2) is 0 Å². The van der Waals surface area contributed by atoms with Crippen molar-refractivity contribution in [1.82, 2.24) is 0 Å². The third-order valence-corrected chi connectivity index (χ3v) is 2.99. The second-order valence-corrected chi connectivity index (χ2v) is 4.73. The van der Waals surface area contributed by atoms with Crippen LogP contribution in [0.5, 0.6) is 0 Å². The van der Waals surface area contributed by atoms with E-state index in [1.807, 2.05) is 0 Å². The molecule has 1 aliphatic rings. The smallest absolute Gasteiger partial charge is 0.303 e. The Bertz CT molecular complexity index is 432. The molecule has 0 unspecified atom stereocenters. The second kappa shape index (κ2) is 8.67. The molecule has 124 valence electrons. The fourth-order valence-electron chi connectivity index (χ4n) is 2.08. The van der Waals surface area contributed by atoms with Crippen LogP contribution in [0, 0.1) is 0 Å². The molecule has 22 heavy (non-hydrogen) atoms. The van der Waals surface area contributed by atoms with Crippen LogP contribution in [0.25, 0.3) is 0 Å². The number of carbonyl (C=O) groups is 2. The average molecular weight is 314 g/mol. The Morgan fingerprint density at radius 2 is 1.95 bits per heavy atom. The van der Waals surface area contributed by atoms with E-state index in [1.54, 1.807) is 6.08 Å². The second-order valence-electron chi connectivity index (χ2n) is 4.73. The highest BCUT2D eigenvalue weighted by atomic mass is 16.7. The molecule has 7 nitrogen and oxygen atoms in total. The summed E-state index contributed by atoms with van der Waals surface area (Å²) < 4.78 is 26.7. The van der Waals surface area contributed by atoms with Gasteiger partial charge in [-0.2, -0.15) is 0 Å². The van der Waals surface area contributed by atoms with Crippen LogP contribution < -0.4 is 0 Å². The largest absolute Gasteiger partial charge is 0.463 e. The van der Waals surface area contributed by atoms with E-state index in [-0.39, 0.29) is 13.2 Å². The number of ether oxygens (including phenoxy) is 5. The quantitative estimate of drug-likeness (QED) is 0.512. The lowest BCUT2D eigenvalue weighted by molar-refractivity contribution is -0.252. The summed E-state index contributed by atoms with van der Waals surface area (Å²) in [7, 11) is 1.46. The number of hydrogen-bond acceptors (Lipinski definition) is 7. The van der Waals surface area contributed by atoms with Gasteiger partial charge < -0.3 is 23.7 Å². The first-order valence-corrected chi connectivity index (χ1v) is 6.80. The molecular formula is C15H22O7. The van der Waals surface area contributed by atoms with Crippen molar-refractivity contribution in [2.75, 3.05) is 20.3 Å². The van der Waals surface area contributed by atoms with E-state index in [2.05, 4.69) is 13.2 Å². The van der Waals surface area contributed by atoms with Crippen LogP contribution in [-0.2, 0) is 33.3 Å². The average Bonchev–Trinajstić information content (AvgIpc) is 2.46. The zero-order valence-corrected chi connectivity index (χ0v) is 13.1. The standard InChI is InChI=1S/C15H22O7/c1-6-7-19-14-9(2)13(21-11(4)17)12(8-20-10(3)16)22-15(14)18-5/h6,12-15H,1-2,7-8H2,3-5H3/t12-,13+,14-,15+/m1/s1. The molecule has 0 aromatic heterocycles. The van der Waals surface area contributed by atoms with Gasteiger partial charge in [0.1, 0.15) is 18.8 Å². The van der Waals surface area contributed by atoms with Crippen LogP contribution >= 0.6 is 0 Å². The van der Waals surface area contributed by atoms with E-state index in [1.165, 1.54) is 21.0 Å². The number of hydrogen-bond donors (Lipinski definition) is 0. The summed E-state index contributed by atoms with van der Waals surface area (Å²) in [6.45, 7) is 10.2. The van der Waals surface area contributed by atoms with Gasteiger partial charge in [0.2, 0.25) is 0 Å². The Kier molecular flexibility index (Phi) is 7.23. The first-order chi connectivity index (χ1) is 10.4. The van der Waals surface area contributed by atoms with Crippen LogP contribution in [-0.4, -0.2) is 56.9 Å². The molecule has 1 fully saturated rings. The Labute approximate surface area is 129 Å². The molecule has 0 aliphatic carbocycles. The van der Waals surface area contributed by atoms with Crippen LogP contribution in [0.3, 0.4) is 0 Å². The molecule has 0 radical (unpaired) electrons. The van der Waals surface area contributed by atoms with Crippen molar-refractivity contribution in [1.29, 1.82) is 0 Å². The summed E-state index contributed by atoms with van der Waals surface area (Å²) in [6.07, 6.45) is -1.31. The topological polar surface area (TPSA) is 80.3 Å². The van der Waals surface area contributed by atoms with Gasteiger partial charge >= 0.3 is 11.9 Å². The van der Waals surface area contributed by atoms with Gasteiger partial charge in [0.25, 0.3) is 0 Å². The predicted octanol–water partition coefficient (Wildman–Crippen LogP) is 0.980. The van der Waals surface area contributed by atoms with Gasteiger partial charge in [0.15, 0.2) is 12.4 Å². The lowest BCUT2D eigenvalue weighted by Crippen LogP contribution is -2.53. The van der Waals surface area contributed by atoms with Crippen LogP contribution in [0.2, 0.25) is 0 Å². The molecule has 0 saturated carbocycles. The van der Waals surface area contributed by atoms with Crippen molar-refractivity contribution in [2.24, 2.45) is 0 Å². The lowest BCUT2D eigenvalue weighted by atomic mass is 9.96. The first-order valence-electron chi connectivity index (χ1n) is 6.80. The maximum atomic E-state index is 11.3. The molecule has 7 heteroatoms. The molecule has 0 aromatic carbocycles. The maximum Gasteiger partial charge on any atom is 0.303 e. The minimum absolute atomic E-state index is 0.0830. The van der Waals surface area contributed by atoms with Crippen LogP contribution in [0.15, 0.2) is 24.8 Å². The molecule has 4 atom stereocenters. The zero-order chi connectivity index (χ0) is 16.7. The van der Waals surface area contributed by atoms with E-state index in [4.69, 9.17) is 23.7 Å². The number of carbonyl (C=O) groups excluding carboxylic acids is 2. The zero-order valence-electron chi connectivity index (χ0n) is 13.1. The third-order valence-electron chi connectivity index (χ3n) is 2.99. The molecule has 0 spiro atoms. The summed E-state index contributed by atoms with van der Waals surface area (Å²) in [5.74, 6) is -0.962. The van der Waals surface area contributed by atoms with E-state index in [0.29, 0.717) is 5.57 Å². The number of rotatable bonds is 7. The summed E-state index contributed by atoms with van der Waals surface area (Å²) in [5, 5.41) is 0. The van der Waals surface area contributed by atoms with Crippen molar-refractivity contribution in [3.05, 3.63) is 24.8 Å². The molecule has 0 amide bonds. The summed E-state index contributed by atoms with van der Waals surface area (Å²) >= 11 is 0.